The molecule has 5 rings (SSSR count). The second-order valence-corrected chi connectivity index (χ2v) is 10.8. The van der Waals surface area contributed by atoms with Gasteiger partial charge in [0, 0.05) is 43.4 Å². The van der Waals surface area contributed by atoms with Crippen molar-refractivity contribution in [2.45, 2.75) is 38.8 Å². The number of fused-ring (bicyclic) bond motifs is 1. The van der Waals surface area contributed by atoms with Gasteiger partial charge in [0.1, 0.15) is 17.2 Å². The van der Waals surface area contributed by atoms with Gasteiger partial charge in [-0.2, -0.15) is 5.10 Å². The number of nitrogens with zero attached hydrogens (tertiary/aromatic N) is 7. The van der Waals surface area contributed by atoms with E-state index in [4.69, 9.17) is 16.3 Å². The molecule has 0 spiro atoms. The van der Waals surface area contributed by atoms with E-state index in [9.17, 15) is 4.79 Å². The van der Waals surface area contributed by atoms with Crippen LogP contribution in [-0.2, 0) is 18.2 Å². The quantitative estimate of drug-likeness (QED) is 0.229. The first-order valence-electron chi connectivity index (χ1n) is 13.0. The minimum atomic E-state index is -0.658. The normalized spacial score (nSPS) is 12.2. The average Bonchev–Trinajstić information content (AvgIpc) is 3.54. The van der Waals surface area contributed by atoms with Gasteiger partial charge in [-0.1, -0.05) is 23.7 Å². The summed E-state index contributed by atoms with van der Waals surface area (Å²) in [4.78, 5) is 21.9. The highest BCUT2D eigenvalue weighted by atomic mass is 35.5. The Balaban J connectivity index is 1.51. The molecule has 4 heterocycles. The number of nitrogens with one attached hydrogen (secondary N) is 3. The van der Waals surface area contributed by atoms with Crippen LogP contribution in [0.3, 0.4) is 0 Å². The van der Waals surface area contributed by atoms with Gasteiger partial charge < -0.3 is 20.7 Å². The number of benzene rings is 1. The maximum Gasteiger partial charge on any atom is 0.408 e. The van der Waals surface area contributed by atoms with E-state index in [1.165, 1.54) is 0 Å². The average molecular weight is 575 g/mol. The predicted octanol–water partition coefficient (Wildman–Crippen LogP) is 5.17. The highest BCUT2D eigenvalue weighted by Crippen LogP contribution is 2.28. The maximum atomic E-state index is 12.9. The van der Waals surface area contributed by atoms with Crippen LogP contribution >= 0.6 is 11.6 Å². The number of alkyl carbamates (subject to hydrolysis) is 1. The third kappa shape index (κ3) is 6.55. The molecule has 41 heavy (non-hydrogen) atoms. The number of aromatic nitrogens is 7. The molecule has 0 saturated heterocycles. The highest BCUT2D eigenvalue weighted by Gasteiger charge is 2.26. The Labute approximate surface area is 242 Å². The van der Waals surface area contributed by atoms with E-state index in [-0.39, 0.29) is 0 Å². The summed E-state index contributed by atoms with van der Waals surface area (Å²) in [6, 6.07) is 14.4. The zero-order valence-electron chi connectivity index (χ0n) is 23.4. The van der Waals surface area contributed by atoms with Crippen LogP contribution in [0.1, 0.15) is 38.2 Å². The molecule has 212 valence electrons. The number of halogens is 1. The number of carbonyl (C=O) groups excluding carboxylic acids is 1. The number of carbonyl (C=O) groups is 1. The largest absolute Gasteiger partial charge is 0.444 e. The Bertz CT molecular complexity index is 1670. The number of hydrogen-bond acceptors (Lipinski definition) is 9. The maximum absolute atomic E-state index is 12.9. The van der Waals surface area contributed by atoms with Gasteiger partial charge in [0.2, 0.25) is 5.95 Å². The van der Waals surface area contributed by atoms with Crippen molar-refractivity contribution < 1.29 is 9.53 Å². The van der Waals surface area contributed by atoms with Gasteiger partial charge >= 0.3 is 6.09 Å². The van der Waals surface area contributed by atoms with Crippen LogP contribution in [0.2, 0.25) is 5.02 Å². The monoisotopic (exact) mass is 574 g/mol. The van der Waals surface area contributed by atoms with Crippen molar-refractivity contribution in [2.24, 2.45) is 7.05 Å². The summed E-state index contributed by atoms with van der Waals surface area (Å²) in [5, 5.41) is 23.1. The van der Waals surface area contributed by atoms with Crippen molar-refractivity contribution in [1.29, 1.82) is 0 Å². The van der Waals surface area contributed by atoms with Crippen LogP contribution < -0.4 is 16.0 Å². The number of ether oxygens (including phenoxy) is 1. The molecule has 0 aliphatic rings. The lowest BCUT2D eigenvalue weighted by Gasteiger charge is -2.23. The molecular formula is C28H31ClN10O2. The highest BCUT2D eigenvalue weighted by molar-refractivity contribution is 6.30. The van der Waals surface area contributed by atoms with Gasteiger partial charge in [-0.05, 0) is 56.7 Å². The van der Waals surface area contributed by atoms with Gasteiger partial charge in [-0.15, -0.1) is 10.2 Å². The molecule has 0 saturated carbocycles. The summed E-state index contributed by atoms with van der Waals surface area (Å²) < 4.78 is 9.13. The number of aryl methyl sites for hydroxylation is 1. The molecule has 12 nitrogen and oxygen atoms in total. The van der Waals surface area contributed by atoms with Crippen LogP contribution in [0.25, 0.3) is 16.9 Å². The van der Waals surface area contributed by atoms with Gasteiger partial charge in [0.25, 0.3) is 0 Å². The van der Waals surface area contributed by atoms with Crippen molar-refractivity contribution in [3.05, 3.63) is 77.3 Å². The number of pyridine rings is 1. The molecule has 3 N–H and O–H groups in total. The van der Waals surface area contributed by atoms with Gasteiger partial charge in [-0.3, -0.25) is 9.08 Å². The molecule has 4 aromatic heterocycles. The molecule has 0 fully saturated rings. The molecule has 1 aromatic carbocycles. The fraction of sp³-hybridized carbons (Fsp3) is 0.286. The minimum Gasteiger partial charge on any atom is -0.444 e. The Morgan fingerprint density at radius 2 is 1.83 bits per heavy atom. The topological polar surface area (TPSA) is 136 Å². The zero-order chi connectivity index (χ0) is 29.1. The summed E-state index contributed by atoms with van der Waals surface area (Å²) >= 11 is 6.10. The summed E-state index contributed by atoms with van der Waals surface area (Å²) in [6.07, 6.45) is 3.27. The Hall–Kier alpha value is -4.71. The molecule has 1 amide bonds. The fourth-order valence-corrected chi connectivity index (χ4v) is 4.43. The lowest BCUT2D eigenvalue weighted by Crippen LogP contribution is -2.36. The van der Waals surface area contributed by atoms with Crippen molar-refractivity contribution in [3.8, 4) is 11.3 Å². The van der Waals surface area contributed by atoms with Crippen LogP contribution in [0.15, 0.2) is 60.9 Å². The number of rotatable bonds is 8. The van der Waals surface area contributed by atoms with Crippen molar-refractivity contribution in [2.75, 3.05) is 17.7 Å². The smallest absolute Gasteiger partial charge is 0.408 e. The molecule has 5 aromatic rings. The van der Waals surface area contributed by atoms with Crippen molar-refractivity contribution in [3.63, 3.8) is 0 Å². The number of hydrogen-bond donors (Lipinski definition) is 3. The summed E-state index contributed by atoms with van der Waals surface area (Å²) in [6.45, 7) is 5.45. The molecule has 13 heteroatoms. The van der Waals surface area contributed by atoms with Crippen molar-refractivity contribution in [1.82, 2.24) is 39.7 Å². The second kappa shape index (κ2) is 11.4. The fourth-order valence-electron chi connectivity index (χ4n) is 4.30. The summed E-state index contributed by atoms with van der Waals surface area (Å²) in [7, 11) is 3.65. The molecule has 1 atom stereocenters. The molecule has 0 aliphatic carbocycles. The first-order chi connectivity index (χ1) is 19.6. The van der Waals surface area contributed by atoms with E-state index >= 15 is 0 Å². The zero-order valence-corrected chi connectivity index (χ0v) is 24.1. The van der Waals surface area contributed by atoms with Gasteiger partial charge in [0.15, 0.2) is 11.5 Å². The number of anilines is 3. The molecule has 0 bridgehead atoms. The standard InChI is InChI=1S/C28H31ClN10O2/c1-28(2,3)41-27(40)34-21(14-17-6-8-19(29)9-7-17)25-37-36-24-16-18(15-23(30-4)39(24)25)20-10-12-31-26(33-20)35-22-11-13-32-38(22)5/h6-13,15-16,21,30H,14H2,1-5H3,(H,34,40)(H,31,33,35)/t21-/m1/s1. The van der Waals surface area contributed by atoms with Crippen LogP contribution in [0.4, 0.5) is 22.4 Å². The molecule has 0 radical (unpaired) electrons. The minimum absolute atomic E-state index is 0.434. The van der Waals surface area contributed by atoms with Gasteiger partial charge in [0.05, 0.1) is 17.9 Å². The Kier molecular flexibility index (Phi) is 7.75. The first-order valence-corrected chi connectivity index (χ1v) is 13.4. The lowest BCUT2D eigenvalue weighted by molar-refractivity contribution is 0.0501. The van der Waals surface area contributed by atoms with Crippen LogP contribution in [-0.4, -0.2) is 53.1 Å². The number of amides is 1. The van der Waals surface area contributed by atoms with Crippen LogP contribution in [0.5, 0.6) is 0 Å². The first kappa shape index (κ1) is 27.8. The third-order valence-corrected chi connectivity index (χ3v) is 6.41. The van der Waals surface area contributed by atoms with Gasteiger partial charge in [-0.25, -0.2) is 14.8 Å². The van der Waals surface area contributed by atoms with E-state index in [2.05, 4.69) is 41.2 Å². The van der Waals surface area contributed by atoms with E-state index in [0.29, 0.717) is 40.4 Å². The third-order valence-electron chi connectivity index (χ3n) is 6.15. The van der Waals surface area contributed by atoms with E-state index in [1.54, 1.807) is 17.1 Å². The Morgan fingerprint density at radius 3 is 2.51 bits per heavy atom. The van der Waals surface area contributed by atoms with E-state index in [1.807, 2.05) is 87.8 Å². The molecule has 0 unspecified atom stereocenters. The second-order valence-electron chi connectivity index (χ2n) is 10.4. The lowest BCUT2D eigenvalue weighted by atomic mass is 10.1. The van der Waals surface area contributed by atoms with Crippen molar-refractivity contribution >= 4 is 40.9 Å². The Morgan fingerprint density at radius 1 is 1.05 bits per heavy atom. The molecular weight excluding hydrogens is 544 g/mol. The molecule has 0 aliphatic heterocycles. The summed E-state index contributed by atoms with van der Waals surface area (Å²) in [5.41, 5.74) is 2.39. The van der Waals surface area contributed by atoms with E-state index in [0.717, 1.165) is 16.9 Å². The van der Waals surface area contributed by atoms with Crippen LogP contribution in [0, 0.1) is 0 Å². The SMILES string of the molecule is CNc1cc(-c2ccnc(Nc3ccnn3C)n2)cc2nnc([C@@H](Cc3ccc(Cl)cc3)NC(=O)OC(C)(C)C)n12. The predicted molar refractivity (Wildman–Crippen MR) is 157 cm³/mol. The summed E-state index contributed by atoms with van der Waals surface area (Å²) in [5.74, 6) is 2.45. The van der Waals surface area contributed by atoms with E-state index < -0.39 is 17.7 Å².